The number of Topliss-reactive ketones (excluding diaryl/α,β-unsaturated/α-hetero) is 1. The molecule has 0 saturated carbocycles. The Kier molecular flexibility index (Phi) is 7.85. The third-order valence-corrected chi connectivity index (χ3v) is 2.69. The number of unbranched alkanes of at least 4 members (excludes halogenated alkanes) is 1. The second-order valence-corrected chi connectivity index (χ2v) is 4.59. The van der Waals surface area contributed by atoms with Gasteiger partial charge in [-0.15, -0.1) is 0 Å². The molecule has 0 aliphatic carbocycles. The van der Waals surface area contributed by atoms with Crippen LogP contribution >= 0.6 is 0 Å². The molecule has 0 N–H and O–H groups in total. The van der Waals surface area contributed by atoms with E-state index in [1.807, 2.05) is 6.92 Å². The zero-order chi connectivity index (χ0) is 16.4. The molecule has 0 aromatic heterocycles. The predicted octanol–water partition coefficient (Wildman–Crippen LogP) is 2.15. The van der Waals surface area contributed by atoms with E-state index in [0.29, 0.717) is 12.2 Å². The summed E-state index contributed by atoms with van der Waals surface area (Å²) in [5, 5.41) is 0. The molecule has 0 aliphatic rings. The second kappa shape index (κ2) is 9.68. The molecule has 0 saturated heterocycles. The lowest BCUT2D eigenvalue weighted by Crippen LogP contribution is -2.21. The summed E-state index contributed by atoms with van der Waals surface area (Å²) in [4.78, 5) is 34.3. The predicted molar refractivity (Wildman–Crippen MR) is 78.8 cm³/mol. The highest BCUT2D eigenvalue weighted by Gasteiger charge is 2.12. The van der Waals surface area contributed by atoms with Crippen molar-refractivity contribution in [3.8, 4) is 5.75 Å². The molecule has 0 spiro atoms. The van der Waals surface area contributed by atoms with Crippen LogP contribution in [0.1, 0.15) is 37.0 Å². The molecule has 0 radical (unpaired) electrons. The SMILES string of the molecule is CCCCOC(=O)COCC(=O)Oc1ccccc1C(C)=O. The van der Waals surface area contributed by atoms with Gasteiger partial charge in [-0.05, 0) is 25.5 Å². The van der Waals surface area contributed by atoms with E-state index < -0.39 is 18.5 Å². The highest BCUT2D eigenvalue weighted by molar-refractivity contribution is 5.97. The molecule has 1 aromatic rings. The number of hydrogen-bond donors (Lipinski definition) is 0. The molecule has 6 nitrogen and oxygen atoms in total. The van der Waals surface area contributed by atoms with Gasteiger partial charge in [-0.1, -0.05) is 25.5 Å². The lowest BCUT2D eigenvalue weighted by Gasteiger charge is -2.08. The van der Waals surface area contributed by atoms with Gasteiger partial charge in [0, 0.05) is 0 Å². The normalized spacial score (nSPS) is 10.1. The van der Waals surface area contributed by atoms with Gasteiger partial charge in [-0.2, -0.15) is 0 Å². The number of rotatable bonds is 9. The first-order chi connectivity index (χ1) is 10.5. The van der Waals surface area contributed by atoms with Crippen molar-refractivity contribution in [1.29, 1.82) is 0 Å². The summed E-state index contributed by atoms with van der Waals surface area (Å²) >= 11 is 0. The molecule has 120 valence electrons. The standard InChI is InChI=1S/C16H20O6/c1-3-4-9-21-15(18)10-20-11-16(19)22-14-8-6-5-7-13(14)12(2)17/h5-8H,3-4,9-11H2,1-2H3. The molecule has 0 unspecified atom stereocenters. The van der Waals surface area contributed by atoms with Crippen molar-refractivity contribution in [1.82, 2.24) is 0 Å². The summed E-state index contributed by atoms with van der Waals surface area (Å²) in [6.07, 6.45) is 1.71. The minimum atomic E-state index is -0.685. The van der Waals surface area contributed by atoms with E-state index in [4.69, 9.17) is 14.2 Å². The Hall–Kier alpha value is -2.21. The summed E-state index contributed by atoms with van der Waals surface area (Å²) in [5.41, 5.74) is 0.315. The molecule has 0 amide bonds. The molecule has 0 bridgehead atoms. The molecule has 0 aliphatic heterocycles. The molecule has 6 heteroatoms. The van der Waals surface area contributed by atoms with Gasteiger partial charge in [0.25, 0.3) is 0 Å². The average Bonchev–Trinajstić information content (AvgIpc) is 2.48. The molecule has 1 rings (SSSR count). The number of ether oxygens (including phenoxy) is 3. The fourth-order valence-corrected chi connectivity index (χ4v) is 1.59. The topological polar surface area (TPSA) is 78.9 Å². The monoisotopic (exact) mass is 308 g/mol. The summed E-state index contributed by atoms with van der Waals surface area (Å²) in [5.74, 6) is -1.24. The first-order valence-electron chi connectivity index (χ1n) is 7.08. The van der Waals surface area contributed by atoms with Gasteiger partial charge in [-0.25, -0.2) is 9.59 Å². The summed E-state index contributed by atoms with van der Waals surface area (Å²) < 4.78 is 14.8. The maximum Gasteiger partial charge on any atom is 0.337 e. The van der Waals surface area contributed by atoms with Crippen molar-refractivity contribution in [2.24, 2.45) is 0 Å². The molecular weight excluding hydrogens is 288 g/mol. The molecular formula is C16H20O6. The average molecular weight is 308 g/mol. The van der Waals surface area contributed by atoms with E-state index in [-0.39, 0.29) is 18.1 Å². The van der Waals surface area contributed by atoms with Gasteiger partial charge in [0.05, 0.1) is 12.2 Å². The Balaban J connectivity index is 2.35. The fraction of sp³-hybridized carbons (Fsp3) is 0.438. The Morgan fingerprint density at radius 2 is 1.73 bits per heavy atom. The van der Waals surface area contributed by atoms with E-state index in [0.717, 1.165) is 12.8 Å². The molecule has 0 atom stereocenters. The molecule has 1 aromatic carbocycles. The summed E-state index contributed by atoms with van der Waals surface area (Å²) in [6.45, 7) is 3.01. The number of carbonyl (C=O) groups is 3. The van der Waals surface area contributed by atoms with Crippen LogP contribution in [0.15, 0.2) is 24.3 Å². The van der Waals surface area contributed by atoms with Crippen molar-refractivity contribution < 1.29 is 28.6 Å². The first-order valence-corrected chi connectivity index (χ1v) is 7.08. The van der Waals surface area contributed by atoms with Crippen molar-refractivity contribution in [3.05, 3.63) is 29.8 Å². The third kappa shape index (κ3) is 6.49. The minimum absolute atomic E-state index is 0.175. The van der Waals surface area contributed by atoms with E-state index >= 15 is 0 Å². The molecule has 0 heterocycles. The highest BCUT2D eigenvalue weighted by Crippen LogP contribution is 2.18. The van der Waals surface area contributed by atoms with E-state index in [1.165, 1.54) is 13.0 Å². The van der Waals surface area contributed by atoms with Crippen LogP contribution in [0.5, 0.6) is 5.75 Å². The van der Waals surface area contributed by atoms with Crippen LogP contribution < -0.4 is 4.74 Å². The first kappa shape index (κ1) is 17.8. The van der Waals surface area contributed by atoms with Crippen LogP contribution in [0.4, 0.5) is 0 Å². The smallest absolute Gasteiger partial charge is 0.337 e. The van der Waals surface area contributed by atoms with Crippen LogP contribution in [0, 0.1) is 0 Å². The summed E-state index contributed by atoms with van der Waals surface area (Å²) in [7, 11) is 0. The van der Waals surface area contributed by atoms with Crippen molar-refractivity contribution in [2.75, 3.05) is 19.8 Å². The van der Waals surface area contributed by atoms with E-state index in [2.05, 4.69) is 0 Å². The maximum absolute atomic E-state index is 11.6. The zero-order valence-corrected chi connectivity index (χ0v) is 12.8. The number of benzene rings is 1. The lowest BCUT2D eigenvalue weighted by molar-refractivity contribution is -0.152. The zero-order valence-electron chi connectivity index (χ0n) is 12.8. The lowest BCUT2D eigenvalue weighted by atomic mass is 10.1. The Morgan fingerprint density at radius 1 is 1.05 bits per heavy atom. The Labute approximate surface area is 129 Å². The van der Waals surface area contributed by atoms with Gasteiger partial charge >= 0.3 is 11.9 Å². The van der Waals surface area contributed by atoms with Gasteiger partial charge in [0.2, 0.25) is 0 Å². The highest BCUT2D eigenvalue weighted by atomic mass is 16.6. The largest absolute Gasteiger partial charge is 0.464 e. The number of carbonyl (C=O) groups excluding carboxylic acids is 3. The molecule has 0 fully saturated rings. The minimum Gasteiger partial charge on any atom is -0.464 e. The van der Waals surface area contributed by atoms with Crippen LogP contribution in [-0.2, 0) is 19.1 Å². The Bertz CT molecular complexity index is 523. The van der Waals surface area contributed by atoms with Gasteiger partial charge < -0.3 is 14.2 Å². The van der Waals surface area contributed by atoms with Gasteiger partial charge in [0.1, 0.15) is 19.0 Å². The van der Waals surface area contributed by atoms with E-state index in [1.54, 1.807) is 18.2 Å². The number of esters is 2. The third-order valence-electron chi connectivity index (χ3n) is 2.69. The Morgan fingerprint density at radius 3 is 2.41 bits per heavy atom. The number of ketones is 1. The fourth-order valence-electron chi connectivity index (χ4n) is 1.59. The van der Waals surface area contributed by atoms with Gasteiger partial charge in [-0.3, -0.25) is 4.79 Å². The van der Waals surface area contributed by atoms with Crippen LogP contribution in [0.25, 0.3) is 0 Å². The number of hydrogen-bond acceptors (Lipinski definition) is 6. The van der Waals surface area contributed by atoms with Crippen molar-refractivity contribution >= 4 is 17.7 Å². The van der Waals surface area contributed by atoms with Crippen LogP contribution in [-0.4, -0.2) is 37.5 Å². The van der Waals surface area contributed by atoms with Crippen molar-refractivity contribution in [2.45, 2.75) is 26.7 Å². The van der Waals surface area contributed by atoms with Crippen LogP contribution in [0.2, 0.25) is 0 Å². The summed E-state index contributed by atoms with van der Waals surface area (Å²) in [6, 6.07) is 6.42. The quantitative estimate of drug-likeness (QED) is 0.301. The van der Waals surface area contributed by atoms with E-state index in [9.17, 15) is 14.4 Å². The van der Waals surface area contributed by atoms with Gasteiger partial charge in [0.15, 0.2) is 5.78 Å². The molecule has 22 heavy (non-hydrogen) atoms. The second-order valence-electron chi connectivity index (χ2n) is 4.59. The van der Waals surface area contributed by atoms with Crippen LogP contribution in [0.3, 0.4) is 0 Å². The van der Waals surface area contributed by atoms with Crippen molar-refractivity contribution in [3.63, 3.8) is 0 Å². The number of para-hydroxylation sites is 1. The maximum atomic E-state index is 11.6.